The van der Waals surface area contributed by atoms with E-state index >= 15 is 0 Å². The summed E-state index contributed by atoms with van der Waals surface area (Å²) in [7, 11) is 0. The van der Waals surface area contributed by atoms with Crippen LogP contribution in [0.4, 0.5) is 0 Å². The fourth-order valence-electron chi connectivity index (χ4n) is 2.16. The number of hydrogen-bond donors (Lipinski definition) is 2. The molecule has 0 aliphatic heterocycles. The van der Waals surface area contributed by atoms with Crippen LogP contribution in [0.25, 0.3) is 22.5 Å². The van der Waals surface area contributed by atoms with E-state index in [4.69, 9.17) is 4.52 Å². The van der Waals surface area contributed by atoms with Crippen LogP contribution in [0.5, 0.6) is 0 Å². The molecule has 0 amide bonds. The molecule has 20 heavy (non-hydrogen) atoms. The summed E-state index contributed by atoms with van der Waals surface area (Å²) >= 11 is 0. The Labute approximate surface area is 112 Å². The molecule has 0 spiro atoms. The van der Waals surface area contributed by atoms with Crippen molar-refractivity contribution >= 4 is 11.0 Å². The van der Waals surface area contributed by atoms with Crippen molar-refractivity contribution < 1.29 is 4.52 Å². The SMILES string of the molecule is Cc1noc(-c2c(C)c(C)cc3[nH]c(=O)c(=O)[nH]c23)n1. The van der Waals surface area contributed by atoms with Gasteiger partial charge in [0.1, 0.15) is 0 Å². The number of aryl methyl sites for hydroxylation is 2. The summed E-state index contributed by atoms with van der Waals surface area (Å²) in [4.78, 5) is 32.3. The smallest absolute Gasteiger partial charge is 0.314 e. The maximum absolute atomic E-state index is 11.6. The van der Waals surface area contributed by atoms with Crippen molar-refractivity contribution in [1.29, 1.82) is 0 Å². The fraction of sp³-hybridized carbons (Fsp3) is 0.231. The summed E-state index contributed by atoms with van der Waals surface area (Å²) in [5, 5.41) is 3.76. The van der Waals surface area contributed by atoms with E-state index in [9.17, 15) is 9.59 Å². The molecule has 0 aliphatic rings. The van der Waals surface area contributed by atoms with Crippen molar-refractivity contribution in [2.24, 2.45) is 0 Å². The summed E-state index contributed by atoms with van der Waals surface area (Å²) in [6.07, 6.45) is 0. The number of nitrogens with zero attached hydrogens (tertiary/aromatic N) is 2. The molecule has 3 rings (SSSR count). The molecule has 0 aliphatic carbocycles. The minimum absolute atomic E-state index is 0.316. The number of hydrogen-bond acceptors (Lipinski definition) is 5. The van der Waals surface area contributed by atoms with Gasteiger partial charge in [-0.1, -0.05) is 5.16 Å². The number of nitrogens with one attached hydrogen (secondary N) is 2. The highest BCUT2D eigenvalue weighted by Gasteiger charge is 2.17. The number of rotatable bonds is 1. The molecule has 1 aromatic carbocycles. The van der Waals surface area contributed by atoms with E-state index in [1.165, 1.54) is 0 Å². The zero-order valence-corrected chi connectivity index (χ0v) is 11.2. The first-order chi connectivity index (χ1) is 9.47. The van der Waals surface area contributed by atoms with Gasteiger partial charge in [0.15, 0.2) is 5.82 Å². The van der Waals surface area contributed by atoms with E-state index < -0.39 is 11.1 Å². The van der Waals surface area contributed by atoms with Gasteiger partial charge in [-0.05, 0) is 38.0 Å². The Morgan fingerprint density at radius 3 is 2.45 bits per heavy atom. The molecule has 2 heterocycles. The van der Waals surface area contributed by atoms with Crippen LogP contribution in [-0.4, -0.2) is 20.1 Å². The third-order valence-corrected chi connectivity index (χ3v) is 3.28. The van der Waals surface area contributed by atoms with E-state index in [0.717, 1.165) is 11.1 Å². The molecule has 0 fully saturated rings. The van der Waals surface area contributed by atoms with E-state index in [2.05, 4.69) is 20.1 Å². The summed E-state index contributed by atoms with van der Waals surface area (Å²) in [5.74, 6) is 0.817. The van der Waals surface area contributed by atoms with Gasteiger partial charge in [0.05, 0.1) is 16.6 Å². The van der Waals surface area contributed by atoms with Crippen LogP contribution in [-0.2, 0) is 0 Å². The van der Waals surface area contributed by atoms with Crippen molar-refractivity contribution in [1.82, 2.24) is 20.1 Å². The Morgan fingerprint density at radius 1 is 1.10 bits per heavy atom. The average molecular weight is 272 g/mol. The van der Waals surface area contributed by atoms with Gasteiger partial charge in [0, 0.05) is 0 Å². The van der Waals surface area contributed by atoms with E-state index in [1.54, 1.807) is 13.0 Å². The molecule has 0 bridgehead atoms. The second-order valence-corrected chi connectivity index (χ2v) is 4.67. The largest absolute Gasteiger partial charge is 0.334 e. The van der Waals surface area contributed by atoms with Gasteiger partial charge in [-0.2, -0.15) is 4.98 Å². The third-order valence-electron chi connectivity index (χ3n) is 3.28. The molecule has 0 unspecified atom stereocenters. The lowest BCUT2D eigenvalue weighted by Gasteiger charge is -2.09. The minimum Gasteiger partial charge on any atom is -0.334 e. The second-order valence-electron chi connectivity index (χ2n) is 4.67. The normalized spacial score (nSPS) is 11.2. The quantitative estimate of drug-likeness (QED) is 0.647. The minimum atomic E-state index is -0.710. The highest BCUT2D eigenvalue weighted by Crippen LogP contribution is 2.30. The Kier molecular flexibility index (Phi) is 2.56. The van der Waals surface area contributed by atoms with Crippen molar-refractivity contribution in [2.75, 3.05) is 0 Å². The van der Waals surface area contributed by atoms with Crippen molar-refractivity contribution in [3.05, 3.63) is 43.7 Å². The maximum Gasteiger partial charge on any atom is 0.314 e. The van der Waals surface area contributed by atoms with E-state index in [0.29, 0.717) is 28.3 Å². The lowest BCUT2D eigenvalue weighted by atomic mass is 10.0. The Morgan fingerprint density at radius 2 is 1.80 bits per heavy atom. The maximum atomic E-state index is 11.6. The molecular formula is C13H12N4O3. The lowest BCUT2D eigenvalue weighted by Crippen LogP contribution is -2.29. The number of H-pyrrole nitrogens is 2. The number of aromatic nitrogens is 4. The zero-order chi connectivity index (χ0) is 14.4. The first kappa shape index (κ1) is 12.3. The molecule has 3 aromatic rings. The summed E-state index contributed by atoms with van der Waals surface area (Å²) in [6.45, 7) is 5.52. The summed E-state index contributed by atoms with van der Waals surface area (Å²) < 4.78 is 5.19. The monoisotopic (exact) mass is 272 g/mol. The van der Waals surface area contributed by atoms with Crippen LogP contribution < -0.4 is 11.1 Å². The molecule has 2 aromatic heterocycles. The van der Waals surface area contributed by atoms with Gasteiger partial charge < -0.3 is 14.5 Å². The van der Waals surface area contributed by atoms with Gasteiger partial charge >= 0.3 is 11.1 Å². The zero-order valence-electron chi connectivity index (χ0n) is 11.2. The molecule has 0 radical (unpaired) electrons. The standard InChI is InChI=1S/C13H12N4O3/c1-5-4-8-10(16-12(19)11(18)15-8)9(6(5)2)13-14-7(3)17-20-13/h4H,1-3H3,(H,15,18)(H,16,19). The highest BCUT2D eigenvalue weighted by atomic mass is 16.5. The number of fused-ring (bicyclic) bond motifs is 1. The van der Waals surface area contributed by atoms with Crippen LogP contribution in [0, 0.1) is 20.8 Å². The predicted molar refractivity (Wildman–Crippen MR) is 72.7 cm³/mol. The molecule has 7 nitrogen and oxygen atoms in total. The third kappa shape index (κ3) is 1.75. The lowest BCUT2D eigenvalue weighted by molar-refractivity contribution is 0.425. The Hall–Kier alpha value is -2.70. The summed E-state index contributed by atoms with van der Waals surface area (Å²) in [6, 6.07) is 1.80. The van der Waals surface area contributed by atoms with E-state index in [1.807, 2.05) is 13.8 Å². The number of aromatic amines is 2. The molecule has 0 atom stereocenters. The van der Waals surface area contributed by atoms with Crippen LogP contribution in [0.3, 0.4) is 0 Å². The van der Waals surface area contributed by atoms with Crippen LogP contribution in [0.2, 0.25) is 0 Å². The average Bonchev–Trinajstić information content (AvgIpc) is 2.80. The van der Waals surface area contributed by atoms with Gasteiger partial charge in [0.25, 0.3) is 5.89 Å². The molecule has 7 heteroatoms. The molecule has 0 saturated carbocycles. The van der Waals surface area contributed by atoms with Crippen molar-refractivity contribution in [3.63, 3.8) is 0 Å². The Balaban J connectivity index is 2.51. The fourth-order valence-corrected chi connectivity index (χ4v) is 2.16. The summed E-state index contributed by atoms with van der Waals surface area (Å²) in [5.41, 5.74) is 2.11. The van der Waals surface area contributed by atoms with Gasteiger partial charge in [0.2, 0.25) is 0 Å². The molecule has 102 valence electrons. The first-order valence-corrected chi connectivity index (χ1v) is 6.04. The highest BCUT2D eigenvalue weighted by molar-refractivity contribution is 5.91. The van der Waals surface area contributed by atoms with Crippen molar-refractivity contribution in [3.8, 4) is 11.5 Å². The molecule has 0 saturated heterocycles. The Bertz CT molecular complexity index is 933. The van der Waals surface area contributed by atoms with E-state index in [-0.39, 0.29) is 0 Å². The van der Waals surface area contributed by atoms with Crippen LogP contribution in [0.1, 0.15) is 17.0 Å². The molecular weight excluding hydrogens is 260 g/mol. The first-order valence-electron chi connectivity index (χ1n) is 6.04. The molecule has 2 N–H and O–H groups in total. The van der Waals surface area contributed by atoms with Gasteiger partial charge in [-0.15, -0.1) is 0 Å². The van der Waals surface area contributed by atoms with Gasteiger partial charge in [-0.3, -0.25) is 9.59 Å². The van der Waals surface area contributed by atoms with Gasteiger partial charge in [-0.25, -0.2) is 0 Å². The number of benzene rings is 1. The van der Waals surface area contributed by atoms with Crippen LogP contribution >= 0.6 is 0 Å². The van der Waals surface area contributed by atoms with Crippen molar-refractivity contribution in [2.45, 2.75) is 20.8 Å². The second kappa shape index (κ2) is 4.16. The van der Waals surface area contributed by atoms with Crippen LogP contribution in [0.15, 0.2) is 20.2 Å². The predicted octanol–water partition coefficient (Wildman–Crippen LogP) is 1.19. The topological polar surface area (TPSA) is 105 Å².